The van der Waals surface area contributed by atoms with Crippen LogP contribution in [-0.2, 0) is 0 Å². The number of nitrogens with zero attached hydrogens (tertiary/aromatic N) is 3. The van der Waals surface area contributed by atoms with Gasteiger partial charge >= 0.3 is 0 Å². The molecule has 2 heterocycles. The SMILES string of the molecule is [2H]c1c([2H])c([2H])c(-c2ccc(-c3cc(-c4ccc(-c5cccnc5)cc4)nc(-c4ccc(-c5cccc6ccccc56)cc4)n3)cc2)c([2H])c1[2H]. The standard InChI is InChI=1S/C43H29N3/c1-2-8-30(9-3-1)31-15-21-35(22-16-31)41-28-42(36-23-17-32(18-24-36)38-12-7-27-44-29-38)46-43(45-41)37-25-19-34(20-26-37)40-14-6-11-33-10-4-5-13-39(33)40/h1-29H/i1D,2D,3D,8D,9D. The molecule has 2 aromatic heterocycles. The lowest BCUT2D eigenvalue weighted by Gasteiger charge is -2.12. The molecule has 3 heteroatoms. The van der Waals surface area contributed by atoms with Crippen molar-refractivity contribution in [3.05, 3.63) is 176 Å². The van der Waals surface area contributed by atoms with E-state index >= 15 is 0 Å². The molecule has 0 saturated carbocycles. The maximum absolute atomic E-state index is 8.42. The van der Waals surface area contributed by atoms with Gasteiger partial charge in [-0.2, -0.15) is 0 Å². The number of hydrogen-bond acceptors (Lipinski definition) is 3. The van der Waals surface area contributed by atoms with E-state index < -0.39 is 6.04 Å². The highest BCUT2D eigenvalue weighted by Crippen LogP contribution is 2.33. The van der Waals surface area contributed by atoms with Crippen molar-refractivity contribution in [3.63, 3.8) is 0 Å². The molecule has 0 aliphatic heterocycles. The zero-order valence-electron chi connectivity index (χ0n) is 29.7. The maximum Gasteiger partial charge on any atom is 0.160 e. The van der Waals surface area contributed by atoms with Gasteiger partial charge in [-0.3, -0.25) is 4.98 Å². The Hall–Kier alpha value is -6.19. The largest absolute Gasteiger partial charge is 0.264 e. The van der Waals surface area contributed by atoms with Crippen LogP contribution in [0.3, 0.4) is 0 Å². The molecule has 3 nitrogen and oxygen atoms in total. The molecule has 0 spiro atoms. The summed E-state index contributed by atoms with van der Waals surface area (Å²) in [6.07, 6.45) is 3.60. The van der Waals surface area contributed by atoms with Gasteiger partial charge in [-0.25, -0.2) is 9.97 Å². The summed E-state index contributed by atoms with van der Waals surface area (Å²) >= 11 is 0. The number of hydrogen-bond donors (Lipinski definition) is 0. The molecule has 0 amide bonds. The van der Waals surface area contributed by atoms with E-state index in [2.05, 4.69) is 65.6 Å². The van der Waals surface area contributed by atoms with Crippen LogP contribution in [-0.4, -0.2) is 15.0 Å². The van der Waals surface area contributed by atoms with Gasteiger partial charge in [0, 0.05) is 29.1 Å². The molecular weight excluding hydrogens is 558 g/mol. The lowest BCUT2D eigenvalue weighted by atomic mass is 9.97. The Morgan fingerprint density at radius 2 is 1.02 bits per heavy atom. The van der Waals surface area contributed by atoms with Gasteiger partial charge in [0.1, 0.15) is 0 Å². The van der Waals surface area contributed by atoms with E-state index in [4.69, 9.17) is 16.8 Å². The first kappa shape index (κ1) is 22.3. The zero-order valence-corrected chi connectivity index (χ0v) is 24.7. The normalized spacial score (nSPS) is 12.6. The van der Waals surface area contributed by atoms with E-state index in [1.165, 1.54) is 10.8 Å². The average Bonchev–Trinajstić information content (AvgIpc) is 3.20. The van der Waals surface area contributed by atoms with E-state index in [1.807, 2.05) is 66.9 Å². The molecule has 0 N–H and O–H groups in total. The van der Waals surface area contributed by atoms with Crippen LogP contribution in [0.5, 0.6) is 0 Å². The summed E-state index contributed by atoms with van der Waals surface area (Å²) < 4.78 is 41.0. The van der Waals surface area contributed by atoms with Crippen LogP contribution < -0.4 is 0 Å². The van der Waals surface area contributed by atoms with Crippen molar-refractivity contribution in [1.82, 2.24) is 15.0 Å². The smallest absolute Gasteiger partial charge is 0.160 e. The second-order valence-corrected chi connectivity index (χ2v) is 11.0. The van der Waals surface area contributed by atoms with Gasteiger partial charge in [0.25, 0.3) is 0 Å². The quantitative estimate of drug-likeness (QED) is 0.193. The molecular formula is C43H29N3. The summed E-state index contributed by atoms with van der Waals surface area (Å²) in [7, 11) is 0. The molecule has 6 aromatic carbocycles. The summed E-state index contributed by atoms with van der Waals surface area (Å²) in [5.74, 6) is 0.568. The minimum atomic E-state index is -0.412. The van der Waals surface area contributed by atoms with Crippen molar-refractivity contribution < 1.29 is 6.85 Å². The molecule has 0 atom stereocenters. The first-order valence-electron chi connectivity index (χ1n) is 17.5. The third-order valence-electron chi connectivity index (χ3n) is 8.11. The van der Waals surface area contributed by atoms with Gasteiger partial charge in [-0.15, -0.1) is 0 Å². The number of fused-ring (bicyclic) bond motifs is 1. The molecule has 0 aliphatic rings. The van der Waals surface area contributed by atoms with Crippen LogP contribution in [0.4, 0.5) is 0 Å². The topological polar surface area (TPSA) is 38.7 Å². The molecule has 0 aliphatic carbocycles. The van der Waals surface area contributed by atoms with Crippen LogP contribution >= 0.6 is 0 Å². The molecule has 0 fully saturated rings. The van der Waals surface area contributed by atoms with Crippen molar-refractivity contribution >= 4 is 10.8 Å². The van der Waals surface area contributed by atoms with Crippen molar-refractivity contribution in [2.75, 3.05) is 0 Å². The summed E-state index contributed by atoms with van der Waals surface area (Å²) in [5.41, 5.74) is 9.06. The highest BCUT2D eigenvalue weighted by atomic mass is 14.9. The Labute approximate surface area is 275 Å². The summed E-state index contributed by atoms with van der Waals surface area (Å²) in [6, 6.07) is 42.8. The Kier molecular flexibility index (Phi) is 5.86. The molecule has 0 unspecified atom stereocenters. The minimum Gasteiger partial charge on any atom is -0.264 e. The molecule has 216 valence electrons. The molecule has 8 aromatic rings. The summed E-state index contributed by atoms with van der Waals surface area (Å²) in [5, 5.41) is 2.38. The number of benzene rings is 6. The molecule has 0 bridgehead atoms. The zero-order chi connectivity index (χ0) is 35.1. The maximum atomic E-state index is 8.42. The van der Waals surface area contributed by atoms with Crippen molar-refractivity contribution in [2.24, 2.45) is 0 Å². The van der Waals surface area contributed by atoms with E-state index in [1.54, 1.807) is 18.3 Å². The molecule has 0 radical (unpaired) electrons. The van der Waals surface area contributed by atoms with E-state index in [0.29, 0.717) is 17.1 Å². The molecule has 0 saturated heterocycles. The minimum absolute atomic E-state index is 0.164. The summed E-state index contributed by atoms with van der Waals surface area (Å²) in [4.78, 5) is 14.3. The second-order valence-electron chi connectivity index (χ2n) is 11.0. The fourth-order valence-electron chi connectivity index (χ4n) is 5.72. The average molecular weight is 593 g/mol. The van der Waals surface area contributed by atoms with E-state index in [-0.39, 0.29) is 29.7 Å². The van der Waals surface area contributed by atoms with Crippen LogP contribution in [0.2, 0.25) is 0 Å². The lowest BCUT2D eigenvalue weighted by molar-refractivity contribution is 1.18. The van der Waals surface area contributed by atoms with Gasteiger partial charge in [0.15, 0.2) is 5.82 Å². The monoisotopic (exact) mass is 592 g/mol. The summed E-state index contributed by atoms with van der Waals surface area (Å²) in [6.45, 7) is 0. The van der Waals surface area contributed by atoms with Gasteiger partial charge in [0.05, 0.1) is 18.2 Å². The van der Waals surface area contributed by atoms with Gasteiger partial charge in [0.2, 0.25) is 0 Å². The van der Waals surface area contributed by atoms with E-state index in [0.717, 1.165) is 44.6 Å². The van der Waals surface area contributed by atoms with Crippen LogP contribution in [0.1, 0.15) is 6.85 Å². The molecule has 46 heavy (non-hydrogen) atoms. The number of pyridine rings is 1. The van der Waals surface area contributed by atoms with Crippen LogP contribution in [0, 0.1) is 0 Å². The fraction of sp³-hybridized carbons (Fsp3) is 0. The van der Waals surface area contributed by atoms with Crippen molar-refractivity contribution in [1.29, 1.82) is 0 Å². The van der Waals surface area contributed by atoms with E-state index in [9.17, 15) is 0 Å². The first-order valence-corrected chi connectivity index (χ1v) is 15.0. The lowest BCUT2D eigenvalue weighted by Crippen LogP contribution is -1.96. The van der Waals surface area contributed by atoms with Crippen LogP contribution in [0.15, 0.2) is 176 Å². The van der Waals surface area contributed by atoms with Crippen molar-refractivity contribution in [2.45, 2.75) is 0 Å². The van der Waals surface area contributed by atoms with Gasteiger partial charge in [-0.1, -0.05) is 152 Å². The highest BCUT2D eigenvalue weighted by molar-refractivity contribution is 5.96. The fourth-order valence-corrected chi connectivity index (χ4v) is 5.72. The predicted molar refractivity (Wildman–Crippen MR) is 190 cm³/mol. The van der Waals surface area contributed by atoms with Crippen molar-refractivity contribution in [3.8, 4) is 67.3 Å². The Balaban J connectivity index is 1.21. The number of rotatable bonds is 6. The highest BCUT2D eigenvalue weighted by Gasteiger charge is 2.12. The van der Waals surface area contributed by atoms with Gasteiger partial charge in [-0.05, 0) is 56.3 Å². The number of aromatic nitrogens is 3. The second kappa shape index (κ2) is 12.1. The third kappa shape index (κ3) is 5.47. The predicted octanol–water partition coefficient (Wildman–Crippen LogP) is 11.0. The van der Waals surface area contributed by atoms with Crippen LogP contribution in [0.25, 0.3) is 78.1 Å². The Morgan fingerprint density at radius 3 is 1.70 bits per heavy atom. The Bertz CT molecular complexity index is 2520. The first-order chi connectivity index (χ1) is 24.9. The van der Waals surface area contributed by atoms with Gasteiger partial charge < -0.3 is 0 Å². The Morgan fingerprint density at radius 1 is 0.435 bits per heavy atom. The molecule has 8 rings (SSSR count). The third-order valence-corrected chi connectivity index (χ3v) is 8.11.